The van der Waals surface area contributed by atoms with Crippen LogP contribution in [0.4, 0.5) is 0 Å². The lowest BCUT2D eigenvalue weighted by atomic mass is 10.3. The maximum Gasteiger partial charge on any atom is 0.332 e. The van der Waals surface area contributed by atoms with Crippen LogP contribution in [-0.2, 0) is 4.79 Å². The third-order valence-electron chi connectivity index (χ3n) is 1.31. The smallest absolute Gasteiger partial charge is 0.332 e. The standard InChI is InChI=1S/C8H9N3O2/c1-7(8(12)13)6-11(4-2-9)5-3-10/h1,4-6H2,(H,12,13). The van der Waals surface area contributed by atoms with E-state index >= 15 is 0 Å². The topological polar surface area (TPSA) is 88.1 Å². The molecule has 0 aliphatic rings. The quantitative estimate of drug-likeness (QED) is 0.473. The Labute approximate surface area is 76.1 Å². The SMILES string of the molecule is C=C(CN(CC#N)CC#N)C(=O)O. The fraction of sp³-hybridized carbons (Fsp3) is 0.375. The molecule has 0 aromatic heterocycles. The lowest BCUT2D eigenvalue weighted by Crippen LogP contribution is -2.28. The molecule has 0 atom stereocenters. The average Bonchev–Trinajstić information content (AvgIpc) is 2.05. The molecule has 0 aromatic rings. The number of aliphatic carboxylic acids is 1. The molecular formula is C8H9N3O2. The minimum absolute atomic E-state index is 0.0227. The van der Waals surface area contributed by atoms with Crippen LogP contribution in [0.2, 0.25) is 0 Å². The van der Waals surface area contributed by atoms with Crippen molar-refractivity contribution in [3.8, 4) is 12.1 Å². The third-order valence-corrected chi connectivity index (χ3v) is 1.31. The van der Waals surface area contributed by atoms with Gasteiger partial charge >= 0.3 is 5.97 Å². The first-order valence-electron chi connectivity index (χ1n) is 3.49. The molecule has 0 radical (unpaired) electrons. The average molecular weight is 179 g/mol. The summed E-state index contributed by atoms with van der Waals surface area (Å²) >= 11 is 0. The van der Waals surface area contributed by atoms with E-state index in [4.69, 9.17) is 15.6 Å². The molecule has 0 rings (SSSR count). The second-order valence-corrected chi connectivity index (χ2v) is 2.37. The van der Waals surface area contributed by atoms with E-state index in [2.05, 4.69) is 6.58 Å². The van der Waals surface area contributed by atoms with Gasteiger partial charge in [0.05, 0.1) is 25.2 Å². The monoisotopic (exact) mass is 179 g/mol. The van der Waals surface area contributed by atoms with Crippen molar-refractivity contribution in [3.63, 3.8) is 0 Å². The number of nitrogens with zero attached hydrogens (tertiary/aromatic N) is 3. The molecule has 0 aliphatic carbocycles. The van der Waals surface area contributed by atoms with Gasteiger partial charge in [0.15, 0.2) is 0 Å². The maximum absolute atomic E-state index is 10.4. The number of carboxylic acids is 1. The van der Waals surface area contributed by atoms with Gasteiger partial charge in [0.2, 0.25) is 0 Å². The Kier molecular flexibility index (Phi) is 4.94. The van der Waals surface area contributed by atoms with Crippen LogP contribution >= 0.6 is 0 Å². The molecule has 68 valence electrons. The minimum Gasteiger partial charge on any atom is -0.478 e. The molecule has 5 heteroatoms. The fourth-order valence-electron chi connectivity index (χ4n) is 0.705. The predicted molar refractivity (Wildman–Crippen MR) is 44.4 cm³/mol. The van der Waals surface area contributed by atoms with Gasteiger partial charge in [-0.25, -0.2) is 4.79 Å². The lowest BCUT2D eigenvalue weighted by molar-refractivity contribution is -0.132. The Morgan fingerprint density at radius 1 is 1.38 bits per heavy atom. The van der Waals surface area contributed by atoms with E-state index < -0.39 is 5.97 Å². The van der Waals surface area contributed by atoms with E-state index in [-0.39, 0.29) is 25.2 Å². The van der Waals surface area contributed by atoms with Crippen molar-refractivity contribution in [1.82, 2.24) is 4.90 Å². The summed E-state index contributed by atoms with van der Waals surface area (Å²) in [6, 6.07) is 3.68. The van der Waals surface area contributed by atoms with Crippen molar-refractivity contribution in [1.29, 1.82) is 10.5 Å². The largest absolute Gasteiger partial charge is 0.478 e. The van der Waals surface area contributed by atoms with Crippen LogP contribution in [0, 0.1) is 22.7 Å². The van der Waals surface area contributed by atoms with Crippen molar-refractivity contribution in [2.75, 3.05) is 19.6 Å². The van der Waals surface area contributed by atoms with Gasteiger partial charge in [-0.1, -0.05) is 6.58 Å². The molecule has 0 aromatic carbocycles. The lowest BCUT2D eigenvalue weighted by Gasteiger charge is -2.14. The third kappa shape index (κ3) is 4.57. The van der Waals surface area contributed by atoms with Crippen LogP contribution in [0.1, 0.15) is 0 Å². The maximum atomic E-state index is 10.4. The first kappa shape index (κ1) is 11.2. The number of carbonyl (C=O) groups is 1. The van der Waals surface area contributed by atoms with Crippen LogP contribution in [0.5, 0.6) is 0 Å². The second-order valence-electron chi connectivity index (χ2n) is 2.37. The summed E-state index contributed by atoms with van der Waals surface area (Å²) in [6.45, 7) is 3.39. The van der Waals surface area contributed by atoms with Gasteiger partial charge in [0.1, 0.15) is 0 Å². The molecule has 0 unspecified atom stereocenters. The summed E-state index contributed by atoms with van der Waals surface area (Å²) in [7, 11) is 0. The predicted octanol–water partition coefficient (Wildman–Crippen LogP) is -0.0236. The second kappa shape index (κ2) is 5.76. The molecule has 5 nitrogen and oxygen atoms in total. The Bertz CT molecular complexity index is 269. The van der Waals surface area contributed by atoms with Gasteiger partial charge in [0, 0.05) is 12.1 Å². The Morgan fingerprint density at radius 2 is 1.85 bits per heavy atom. The summed E-state index contributed by atoms with van der Waals surface area (Å²) in [6.07, 6.45) is 0. The van der Waals surface area contributed by atoms with Crippen LogP contribution < -0.4 is 0 Å². The Hall–Kier alpha value is -1.85. The molecule has 0 saturated carbocycles. The summed E-state index contributed by atoms with van der Waals surface area (Å²) in [5, 5.41) is 25.1. The van der Waals surface area contributed by atoms with Gasteiger partial charge in [0.25, 0.3) is 0 Å². The Morgan fingerprint density at radius 3 is 2.15 bits per heavy atom. The zero-order valence-electron chi connectivity index (χ0n) is 7.03. The molecule has 1 N–H and O–H groups in total. The van der Waals surface area contributed by atoms with E-state index in [1.54, 1.807) is 0 Å². The number of rotatable bonds is 5. The van der Waals surface area contributed by atoms with Gasteiger partial charge in [-0.15, -0.1) is 0 Å². The molecule has 0 amide bonds. The van der Waals surface area contributed by atoms with E-state index in [0.29, 0.717) is 0 Å². The molecule has 0 heterocycles. The summed E-state index contributed by atoms with van der Waals surface area (Å²) in [4.78, 5) is 11.8. The molecule has 0 spiro atoms. The highest BCUT2D eigenvalue weighted by atomic mass is 16.4. The van der Waals surface area contributed by atoms with Crippen LogP contribution in [0.25, 0.3) is 0 Å². The van der Waals surface area contributed by atoms with Crippen LogP contribution in [-0.4, -0.2) is 35.6 Å². The number of nitriles is 2. The molecule has 0 saturated heterocycles. The minimum atomic E-state index is -1.11. The van der Waals surface area contributed by atoms with Gasteiger partial charge in [-0.3, -0.25) is 4.90 Å². The molecular weight excluding hydrogens is 170 g/mol. The highest BCUT2D eigenvalue weighted by molar-refractivity contribution is 5.86. The van der Waals surface area contributed by atoms with Crippen LogP contribution in [0.15, 0.2) is 12.2 Å². The number of carboxylic acid groups (broad SMARTS) is 1. The fourth-order valence-corrected chi connectivity index (χ4v) is 0.705. The van der Waals surface area contributed by atoms with Crippen molar-refractivity contribution < 1.29 is 9.90 Å². The molecule has 0 bridgehead atoms. The van der Waals surface area contributed by atoms with Gasteiger partial charge in [-0.2, -0.15) is 10.5 Å². The Balaban J connectivity index is 4.12. The van der Waals surface area contributed by atoms with E-state index in [9.17, 15) is 4.79 Å². The summed E-state index contributed by atoms with van der Waals surface area (Å²) in [5.74, 6) is -1.11. The van der Waals surface area contributed by atoms with Gasteiger partial charge < -0.3 is 5.11 Å². The molecule has 0 aliphatic heterocycles. The number of hydrogen-bond acceptors (Lipinski definition) is 4. The zero-order chi connectivity index (χ0) is 10.3. The molecule has 0 fully saturated rings. The highest BCUT2D eigenvalue weighted by Crippen LogP contribution is 1.95. The summed E-state index contributed by atoms with van der Waals surface area (Å²) in [5.41, 5.74) is -0.0227. The zero-order valence-corrected chi connectivity index (χ0v) is 7.03. The van der Waals surface area contributed by atoms with Crippen molar-refractivity contribution >= 4 is 5.97 Å². The highest BCUT2D eigenvalue weighted by Gasteiger charge is 2.10. The van der Waals surface area contributed by atoms with Gasteiger partial charge in [-0.05, 0) is 0 Å². The normalized spacial score (nSPS) is 8.85. The molecule has 13 heavy (non-hydrogen) atoms. The van der Waals surface area contributed by atoms with E-state index in [1.165, 1.54) is 4.90 Å². The first-order chi connectivity index (χ1) is 6.11. The van der Waals surface area contributed by atoms with E-state index in [1.807, 2.05) is 12.1 Å². The van der Waals surface area contributed by atoms with E-state index in [0.717, 1.165) is 0 Å². The van der Waals surface area contributed by atoms with Crippen LogP contribution in [0.3, 0.4) is 0 Å². The van der Waals surface area contributed by atoms with Crippen molar-refractivity contribution in [3.05, 3.63) is 12.2 Å². The summed E-state index contributed by atoms with van der Waals surface area (Å²) < 4.78 is 0. The van der Waals surface area contributed by atoms with Crippen molar-refractivity contribution in [2.45, 2.75) is 0 Å². The first-order valence-corrected chi connectivity index (χ1v) is 3.49. The van der Waals surface area contributed by atoms with Crippen molar-refractivity contribution in [2.24, 2.45) is 0 Å². The number of hydrogen-bond donors (Lipinski definition) is 1.